The summed E-state index contributed by atoms with van der Waals surface area (Å²) in [7, 11) is -6.83. The first-order chi connectivity index (χ1) is 55.7. The first kappa shape index (κ1) is 88.7. The Hall–Kier alpha value is -10.7. The summed E-state index contributed by atoms with van der Waals surface area (Å²) in [5, 5.41) is 71.3. The Bertz CT molecular complexity index is 5610. The molecule has 3 aliphatic rings. The Morgan fingerprint density at radius 2 is 0.761 bits per heavy atom. The molecule has 0 radical (unpaired) electrons. The summed E-state index contributed by atoms with van der Waals surface area (Å²) in [5.74, 6) is 0.591. The SMILES string of the molecule is CCCc1nn(C)c2c(=O)[nH]c(-c3cc(S(=O)(=O)N4CCC([C@@H](CO[N+](=O)[O-])O[N+](=O)[O-])CC4)ccc3OCC)nc12.CCCc1nn(C)c2c(=O)[nH]c(-c3cc(S(=O)(=O)N4CCC([C@H](O)CO)CC4)ccc3OCC)nc12.CCCc1nn(C)c2c(=O)[nH]c(-c3cc(S(=O)(=O)N4CCC([C@H](O)CO[N+](=O)[O-])CC4)ccc3OCC)nc12. The molecule has 45 heteroatoms. The van der Waals surface area contributed by atoms with Crippen molar-refractivity contribution in [1.29, 1.82) is 0 Å². The predicted octanol–water partition coefficient (Wildman–Crippen LogP) is 4.93. The summed E-state index contributed by atoms with van der Waals surface area (Å²) in [6, 6.07) is 13.2. The van der Waals surface area contributed by atoms with Crippen molar-refractivity contribution in [1.82, 2.24) is 72.2 Å². The molecule has 117 heavy (non-hydrogen) atoms. The Balaban J connectivity index is 0.000000186. The van der Waals surface area contributed by atoms with Gasteiger partial charge in [0.25, 0.3) is 31.9 Å². The maximum absolute atomic E-state index is 13.7. The van der Waals surface area contributed by atoms with E-state index in [1.807, 2.05) is 27.7 Å². The fourth-order valence-electron chi connectivity index (χ4n) is 14.6. The highest BCUT2D eigenvalue weighted by Gasteiger charge is 2.38. The third-order valence-corrected chi connectivity index (χ3v) is 26.1. The highest BCUT2D eigenvalue weighted by Crippen LogP contribution is 2.38. The van der Waals surface area contributed by atoms with Gasteiger partial charge in [0.2, 0.25) is 30.1 Å². The van der Waals surface area contributed by atoms with Gasteiger partial charge in [-0.1, -0.05) is 40.0 Å². The number of hydrogen-bond acceptors (Lipinski definition) is 30. The number of aryl methyl sites for hydroxylation is 6. The van der Waals surface area contributed by atoms with Crippen LogP contribution in [0.5, 0.6) is 17.2 Å². The van der Waals surface area contributed by atoms with Gasteiger partial charge in [0.05, 0.1) is 87.1 Å². The number of benzene rings is 3. The predicted molar refractivity (Wildman–Crippen MR) is 420 cm³/mol. The summed E-state index contributed by atoms with van der Waals surface area (Å²) < 4.78 is 107. The molecule has 3 aromatic carbocycles. The van der Waals surface area contributed by atoms with Crippen LogP contribution in [-0.4, -0.2) is 225 Å². The average Bonchev–Trinajstić information content (AvgIpc) is 1.73. The van der Waals surface area contributed by atoms with E-state index in [4.69, 9.17) is 14.2 Å². The first-order valence-corrected chi connectivity index (χ1v) is 42.6. The van der Waals surface area contributed by atoms with Gasteiger partial charge in [0.1, 0.15) is 70.6 Å². The normalized spacial score (nSPS) is 15.9. The number of aromatic nitrogens is 12. The van der Waals surface area contributed by atoms with Crippen LogP contribution in [0.3, 0.4) is 0 Å². The van der Waals surface area contributed by atoms with Crippen molar-refractivity contribution >= 4 is 63.2 Å². The van der Waals surface area contributed by atoms with E-state index in [0.29, 0.717) is 137 Å². The fraction of sp³-hybridized carbons (Fsp3) is 0.542. The Labute approximate surface area is 670 Å². The lowest BCUT2D eigenvalue weighted by atomic mass is 9.92. The number of nitrogens with one attached hydrogen (secondary N) is 3. The largest absolute Gasteiger partial charge is 0.493 e. The lowest BCUT2D eigenvalue weighted by Gasteiger charge is -2.34. The van der Waals surface area contributed by atoms with Gasteiger partial charge in [-0.25, -0.2) is 40.2 Å². The van der Waals surface area contributed by atoms with Gasteiger partial charge < -0.3 is 59.0 Å². The van der Waals surface area contributed by atoms with E-state index in [9.17, 15) is 85.3 Å². The maximum Gasteiger partial charge on any atom is 0.294 e. The van der Waals surface area contributed by atoms with Crippen molar-refractivity contribution in [3.05, 3.63) is 133 Å². The number of aliphatic hydroxyl groups excluding tert-OH is 3. The molecule has 3 fully saturated rings. The molecule has 42 nitrogen and oxygen atoms in total. The second kappa shape index (κ2) is 38.6. The van der Waals surface area contributed by atoms with Crippen LogP contribution in [-0.2, 0) is 85.0 Å². The summed E-state index contributed by atoms with van der Waals surface area (Å²) in [4.78, 5) is 106. The molecule has 0 unspecified atom stereocenters. The molecule has 9 heterocycles. The van der Waals surface area contributed by atoms with Crippen LogP contribution in [0.4, 0.5) is 0 Å². The molecular weight excluding hydrogens is 1600 g/mol. The maximum atomic E-state index is 13.7. The monoisotopic (exact) mass is 1690 g/mol. The molecule has 12 rings (SSSR count). The molecule has 0 saturated carbocycles. The lowest BCUT2D eigenvalue weighted by Crippen LogP contribution is -2.43. The van der Waals surface area contributed by atoms with Crippen LogP contribution >= 0.6 is 0 Å². The zero-order valence-electron chi connectivity index (χ0n) is 66.0. The number of nitrogens with zero attached hydrogens (tertiary/aromatic N) is 15. The van der Waals surface area contributed by atoms with Crippen molar-refractivity contribution in [3.63, 3.8) is 0 Å². The van der Waals surface area contributed by atoms with Crippen molar-refractivity contribution in [2.24, 2.45) is 38.9 Å². The molecular formula is C72H96N18O24S3. The number of fused-ring (bicyclic) bond motifs is 3. The van der Waals surface area contributed by atoms with E-state index in [0.717, 1.165) is 19.3 Å². The van der Waals surface area contributed by atoms with E-state index in [1.54, 1.807) is 41.1 Å². The molecule has 636 valence electrons. The molecule has 0 amide bonds. The molecule has 0 spiro atoms. The number of rotatable bonds is 33. The van der Waals surface area contributed by atoms with Gasteiger partial charge >= 0.3 is 0 Å². The van der Waals surface area contributed by atoms with E-state index >= 15 is 0 Å². The molecule has 6 N–H and O–H groups in total. The molecule has 0 bridgehead atoms. The minimum Gasteiger partial charge on any atom is -0.493 e. The van der Waals surface area contributed by atoms with Crippen LogP contribution < -0.4 is 30.9 Å². The minimum absolute atomic E-state index is 0.000601. The van der Waals surface area contributed by atoms with Crippen molar-refractivity contribution in [2.75, 3.05) is 78.9 Å². The van der Waals surface area contributed by atoms with Gasteiger partial charge in [-0.3, -0.25) is 28.4 Å². The van der Waals surface area contributed by atoms with Crippen LogP contribution in [0.15, 0.2) is 83.7 Å². The highest BCUT2D eigenvalue weighted by molar-refractivity contribution is 7.89. The summed E-state index contributed by atoms with van der Waals surface area (Å²) >= 11 is 0. The zero-order valence-corrected chi connectivity index (χ0v) is 68.4. The molecule has 3 saturated heterocycles. The van der Waals surface area contributed by atoms with Crippen LogP contribution in [0, 0.1) is 48.1 Å². The smallest absolute Gasteiger partial charge is 0.294 e. The van der Waals surface area contributed by atoms with Crippen LogP contribution in [0.2, 0.25) is 0 Å². The number of aromatic amines is 3. The van der Waals surface area contributed by atoms with Crippen LogP contribution in [0.1, 0.15) is 116 Å². The number of aliphatic hydroxyl groups is 3. The van der Waals surface area contributed by atoms with Crippen molar-refractivity contribution < 1.29 is 84.6 Å². The second-order valence-corrected chi connectivity index (χ2v) is 33.8. The third kappa shape index (κ3) is 20.1. The topological polar surface area (TPSA) is 548 Å². The van der Waals surface area contributed by atoms with Crippen molar-refractivity contribution in [2.45, 2.75) is 152 Å². The molecule has 0 aliphatic carbocycles. The Morgan fingerprint density at radius 1 is 0.462 bits per heavy atom. The van der Waals surface area contributed by atoms with Gasteiger partial charge in [0, 0.05) is 60.4 Å². The zero-order chi connectivity index (χ0) is 85.0. The van der Waals surface area contributed by atoms with E-state index in [1.165, 1.54) is 75.5 Å². The number of piperidine rings is 3. The molecule has 6 aromatic heterocycles. The number of H-pyrrole nitrogens is 3. The van der Waals surface area contributed by atoms with Gasteiger partial charge in [-0.2, -0.15) is 28.2 Å². The minimum atomic E-state index is -4.06. The van der Waals surface area contributed by atoms with Gasteiger partial charge in [-0.15, -0.1) is 30.3 Å². The number of hydrogen-bond donors (Lipinski definition) is 6. The van der Waals surface area contributed by atoms with Crippen LogP contribution in [0.25, 0.3) is 67.3 Å². The van der Waals surface area contributed by atoms with E-state index in [2.05, 4.69) is 59.7 Å². The number of ether oxygens (including phenoxy) is 3. The van der Waals surface area contributed by atoms with Gasteiger partial charge in [0.15, 0.2) is 16.6 Å². The van der Waals surface area contributed by atoms with Crippen molar-refractivity contribution in [3.8, 4) is 51.4 Å². The molecule has 9 aromatic rings. The number of sulfonamides is 3. The Morgan fingerprint density at radius 3 is 1.04 bits per heavy atom. The molecule has 3 aliphatic heterocycles. The fourth-order valence-corrected chi connectivity index (χ4v) is 19.1. The quantitative estimate of drug-likeness (QED) is 0.0234. The summed E-state index contributed by atoms with van der Waals surface area (Å²) in [5.41, 5.74) is 4.15. The standard InChI is InChI=1S/C24H31N7O10S.C24H32N6O8S.C24H33N5O6S/c1-4-6-18-21-22(28(3)27-18)24(32)26-23(25-21)17-13-16(7-8-19(17)39-5-2)42(37,38)29-11-9-15(10-12-29)20(41-31(35)36)14-40-30(33)34;1-4-6-18-21-22(28(3)27-18)24(32)26-23(25-21)17-13-16(7-8-20(17)37-5-2)39(35,36)29-11-9-15(10-12-29)19(31)14-38-30(33)34;1-4-6-18-21-22(28(3)27-18)24(32)26-23(25-21)17-13-16(7-8-20(17)35-5-2)36(33,34)29-11-9-15(10-12-29)19(31)14-30/h7-8,13,15,20H,4-6,9-12,14H2,1-3H3,(H,25,26,32);7-8,13,15,19,31H,4-6,9-12,14H2,1-3H3,(H,25,26,32);7-8,13,15,19,30-31H,4-6,9-12,14H2,1-3H3,(H,25,26,32)/t20-;2*19-/m111/s1. The average molecular weight is 1690 g/mol. The Kier molecular flexibility index (Phi) is 29.3. The highest BCUT2D eigenvalue weighted by atomic mass is 32.2. The van der Waals surface area contributed by atoms with E-state index in [-0.39, 0.29) is 120 Å². The van der Waals surface area contributed by atoms with Gasteiger partial charge in [-0.05, 0) is 151 Å². The van der Waals surface area contributed by atoms with E-state index < -0.39 is 93.9 Å². The second-order valence-electron chi connectivity index (χ2n) is 28.0. The summed E-state index contributed by atoms with van der Waals surface area (Å²) in [6.07, 6.45) is 3.00. The first-order valence-electron chi connectivity index (χ1n) is 38.3. The summed E-state index contributed by atoms with van der Waals surface area (Å²) in [6.45, 7) is 11.6. The molecule has 3 atom stereocenters. The third-order valence-electron chi connectivity index (χ3n) is 20.4. The lowest BCUT2D eigenvalue weighted by molar-refractivity contribution is -0.791.